The second-order valence-corrected chi connectivity index (χ2v) is 6.31. The lowest BCUT2D eigenvalue weighted by Gasteiger charge is -2.35. The van der Waals surface area contributed by atoms with Crippen LogP contribution in [0.2, 0.25) is 0 Å². The number of morpholine rings is 1. The fraction of sp³-hybridized carbons (Fsp3) is 0.474. The summed E-state index contributed by atoms with van der Waals surface area (Å²) in [6.45, 7) is 3.80. The van der Waals surface area contributed by atoms with E-state index in [9.17, 15) is 9.59 Å². The van der Waals surface area contributed by atoms with Crippen molar-refractivity contribution in [2.24, 2.45) is 5.92 Å². The third-order valence-corrected chi connectivity index (χ3v) is 4.62. The molecule has 5 nitrogen and oxygen atoms in total. The number of hydrogen-bond acceptors (Lipinski definition) is 3. The van der Waals surface area contributed by atoms with Crippen LogP contribution in [-0.4, -0.2) is 61.0 Å². The summed E-state index contributed by atoms with van der Waals surface area (Å²) in [6, 6.07) is 9.77. The maximum absolute atomic E-state index is 12.6. The first-order chi connectivity index (χ1) is 11.7. The van der Waals surface area contributed by atoms with Gasteiger partial charge in [0.25, 0.3) is 0 Å². The van der Waals surface area contributed by atoms with E-state index < -0.39 is 0 Å². The van der Waals surface area contributed by atoms with Crippen LogP contribution < -0.4 is 0 Å². The summed E-state index contributed by atoms with van der Waals surface area (Å²) >= 11 is 0. The highest BCUT2D eigenvalue weighted by molar-refractivity contribution is 5.92. The average Bonchev–Trinajstić information content (AvgIpc) is 2.67. The van der Waals surface area contributed by atoms with E-state index in [1.165, 1.54) is 0 Å². The standard InChI is InChI=1S/C19H24N2O3/c22-18(9-8-16-5-2-1-3-6-16)21-10-4-7-17(15-21)19(23)20-11-13-24-14-12-20/h1-3,5-6,8-9,17H,4,7,10-15H2/b9-8+. The molecule has 0 aliphatic carbocycles. The van der Waals surface area contributed by atoms with Gasteiger partial charge >= 0.3 is 0 Å². The van der Waals surface area contributed by atoms with Gasteiger partial charge in [0.05, 0.1) is 19.1 Å². The topological polar surface area (TPSA) is 49.9 Å². The van der Waals surface area contributed by atoms with Crippen LogP contribution in [0.1, 0.15) is 18.4 Å². The fourth-order valence-electron chi connectivity index (χ4n) is 3.26. The van der Waals surface area contributed by atoms with Crippen molar-refractivity contribution in [3.05, 3.63) is 42.0 Å². The molecule has 128 valence electrons. The lowest BCUT2D eigenvalue weighted by Crippen LogP contribution is -2.49. The van der Waals surface area contributed by atoms with Crippen molar-refractivity contribution in [2.75, 3.05) is 39.4 Å². The predicted octanol–water partition coefficient (Wildman–Crippen LogP) is 1.80. The molecular weight excluding hydrogens is 304 g/mol. The van der Waals surface area contributed by atoms with Crippen LogP contribution in [0.25, 0.3) is 6.08 Å². The van der Waals surface area contributed by atoms with Gasteiger partial charge in [-0.05, 0) is 24.5 Å². The summed E-state index contributed by atoms with van der Waals surface area (Å²) in [5.41, 5.74) is 1.00. The number of likely N-dealkylation sites (tertiary alicyclic amines) is 1. The molecule has 0 N–H and O–H groups in total. The molecule has 1 aromatic carbocycles. The van der Waals surface area contributed by atoms with Crippen LogP contribution in [0.3, 0.4) is 0 Å². The smallest absolute Gasteiger partial charge is 0.246 e. The van der Waals surface area contributed by atoms with Crippen molar-refractivity contribution in [2.45, 2.75) is 12.8 Å². The normalized spacial score (nSPS) is 21.9. The molecule has 2 aliphatic rings. The zero-order valence-electron chi connectivity index (χ0n) is 13.9. The van der Waals surface area contributed by atoms with Crippen LogP contribution in [0.5, 0.6) is 0 Å². The largest absolute Gasteiger partial charge is 0.378 e. The maximum atomic E-state index is 12.6. The molecule has 0 aromatic heterocycles. The van der Waals surface area contributed by atoms with Crippen LogP contribution in [0, 0.1) is 5.92 Å². The van der Waals surface area contributed by atoms with Crippen LogP contribution in [-0.2, 0) is 14.3 Å². The van der Waals surface area contributed by atoms with Gasteiger partial charge in [0.15, 0.2) is 0 Å². The van der Waals surface area contributed by atoms with Crippen molar-refractivity contribution in [1.82, 2.24) is 9.80 Å². The first-order valence-electron chi connectivity index (χ1n) is 8.62. The summed E-state index contributed by atoms with van der Waals surface area (Å²) in [5.74, 6) is 0.0760. The third kappa shape index (κ3) is 4.23. The van der Waals surface area contributed by atoms with Crippen LogP contribution in [0.15, 0.2) is 36.4 Å². The second-order valence-electron chi connectivity index (χ2n) is 6.31. The number of piperidine rings is 1. The molecule has 2 amide bonds. The predicted molar refractivity (Wildman–Crippen MR) is 92.2 cm³/mol. The van der Waals surface area contributed by atoms with Crippen molar-refractivity contribution in [1.29, 1.82) is 0 Å². The zero-order chi connectivity index (χ0) is 16.8. The van der Waals surface area contributed by atoms with E-state index in [1.807, 2.05) is 41.3 Å². The summed E-state index contributed by atoms with van der Waals surface area (Å²) in [4.78, 5) is 28.7. The summed E-state index contributed by atoms with van der Waals surface area (Å²) in [5, 5.41) is 0. The number of nitrogens with zero attached hydrogens (tertiary/aromatic N) is 2. The molecule has 2 saturated heterocycles. The van der Waals surface area contributed by atoms with E-state index in [-0.39, 0.29) is 17.7 Å². The number of carbonyl (C=O) groups is 2. The Bertz CT molecular complexity index is 594. The maximum Gasteiger partial charge on any atom is 0.246 e. The average molecular weight is 328 g/mol. The van der Waals surface area contributed by atoms with Gasteiger partial charge in [0, 0.05) is 32.3 Å². The number of ether oxygens (including phenoxy) is 1. The molecule has 2 heterocycles. The van der Waals surface area contributed by atoms with Gasteiger partial charge in [0.2, 0.25) is 11.8 Å². The van der Waals surface area contributed by atoms with Gasteiger partial charge in [0.1, 0.15) is 0 Å². The highest BCUT2D eigenvalue weighted by atomic mass is 16.5. The Morgan fingerprint density at radius 2 is 1.79 bits per heavy atom. The molecule has 2 fully saturated rings. The van der Waals surface area contributed by atoms with Crippen molar-refractivity contribution < 1.29 is 14.3 Å². The van der Waals surface area contributed by atoms with Gasteiger partial charge in [-0.2, -0.15) is 0 Å². The highest BCUT2D eigenvalue weighted by Gasteiger charge is 2.31. The monoisotopic (exact) mass is 328 g/mol. The van der Waals surface area contributed by atoms with E-state index in [0.717, 1.165) is 24.9 Å². The minimum atomic E-state index is -0.0778. The lowest BCUT2D eigenvalue weighted by atomic mass is 9.96. The number of benzene rings is 1. The molecule has 5 heteroatoms. The van der Waals surface area contributed by atoms with E-state index in [4.69, 9.17) is 4.74 Å². The molecule has 0 radical (unpaired) electrons. The molecule has 0 spiro atoms. The number of hydrogen-bond donors (Lipinski definition) is 0. The second kappa shape index (κ2) is 8.11. The van der Waals surface area contributed by atoms with E-state index in [1.54, 1.807) is 11.0 Å². The molecule has 3 rings (SSSR count). The Morgan fingerprint density at radius 1 is 1.04 bits per heavy atom. The fourth-order valence-corrected chi connectivity index (χ4v) is 3.26. The summed E-state index contributed by atoms with van der Waals surface area (Å²) < 4.78 is 5.30. The SMILES string of the molecule is O=C(/C=C/c1ccccc1)N1CCCC(C(=O)N2CCOCC2)C1. The Kier molecular flexibility index (Phi) is 5.64. The Balaban J connectivity index is 1.57. The van der Waals surface area contributed by atoms with Crippen molar-refractivity contribution in [3.63, 3.8) is 0 Å². The van der Waals surface area contributed by atoms with Crippen LogP contribution in [0.4, 0.5) is 0 Å². The Hall–Kier alpha value is -2.14. The van der Waals surface area contributed by atoms with Crippen LogP contribution >= 0.6 is 0 Å². The number of carbonyl (C=O) groups excluding carboxylic acids is 2. The van der Waals surface area contributed by atoms with E-state index >= 15 is 0 Å². The van der Waals surface area contributed by atoms with Gasteiger partial charge in [-0.3, -0.25) is 9.59 Å². The number of amides is 2. The molecule has 1 aromatic rings. The molecule has 24 heavy (non-hydrogen) atoms. The zero-order valence-corrected chi connectivity index (χ0v) is 13.9. The minimum Gasteiger partial charge on any atom is -0.378 e. The first kappa shape index (κ1) is 16.7. The Labute approximate surface area is 142 Å². The molecule has 0 bridgehead atoms. The summed E-state index contributed by atoms with van der Waals surface area (Å²) in [6.07, 6.45) is 5.18. The Morgan fingerprint density at radius 3 is 2.54 bits per heavy atom. The molecule has 1 unspecified atom stereocenters. The molecule has 2 aliphatic heterocycles. The quantitative estimate of drug-likeness (QED) is 0.795. The summed E-state index contributed by atoms with van der Waals surface area (Å²) in [7, 11) is 0. The number of rotatable bonds is 3. The van der Waals surface area contributed by atoms with Gasteiger partial charge in [-0.15, -0.1) is 0 Å². The van der Waals surface area contributed by atoms with Gasteiger partial charge < -0.3 is 14.5 Å². The third-order valence-electron chi connectivity index (χ3n) is 4.62. The minimum absolute atomic E-state index is 0.0154. The van der Waals surface area contributed by atoms with Crippen molar-refractivity contribution >= 4 is 17.9 Å². The van der Waals surface area contributed by atoms with Crippen molar-refractivity contribution in [3.8, 4) is 0 Å². The molecule has 1 atom stereocenters. The highest BCUT2D eigenvalue weighted by Crippen LogP contribution is 2.20. The molecule has 0 saturated carbocycles. The lowest BCUT2D eigenvalue weighted by molar-refractivity contribution is -0.143. The van der Waals surface area contributed by atoms with Gasteiger partial charge in [-0.25, -0.2) is 0 Å². The van der Waals surface area contributed by atoms with Gasteiger partial charge in [-0.1, -0.05) is 30.3 Å². The van der Waals surface area contributed by atoms with E-state index in [0.29, 0.717) is 32.8 Å². The first-order valence-corrected chi connectivity index (χ1v) is 8.62. The van der Waals surface area contributed by atoms with E-state index in [2.05, 4.69) is 0 Å². The molecular formula is C19H24N2O3.